The monoisotopic (exact) mass is 390 g/mol. The van der Waals surface area contributed by atoms with Gasteiger partial charge in [-0.25, -0.2) is 4.98 Å². The molecule has 2 heterocycles. The Morgan fingerprint density at radius 2 is 1.56 bits per heavy atom. The summed E-state index contributed by atoms with van der Waals surface area (Å²) in [7, 11) is 0. The fraction of sp³-hybridized carbons (Fsp3) is 0.294. The Hall–Kier alpha value is -2.78. The molecular formula is C17H12F6N2O2. The predicted molar refractivity (Wildman–Crippen MR) is 81.0 cm³/mol. The molecule has 0 spiro atoms. The third-order valence-corrected chi connectivity index (χ3v) is 3.94. The lowest BCUT2D eigenvalue weighted by atomic mass is 10.1. The number of ether oxygens (including phenoxy) is 1. The molecule has 0 aliphatic carbocycles. The normalized spacial score (nSPS) is 15.4. The third kappa shape index (κ3) is 4.32. The Kier molecular flexibility index (Phi) is 4.75. The molecule has 1 fully saturated rings. The number of nitrogens with zero attached hydrogens (tertiary/aromatic N) is 2. The molecule has 0 saturated carbocycles. The van der Waals surface area contributed by atoms with Gasteiger partial charge in [-0.05, 0) is 30.3 Å². The summed E-state index contributed by atoms with van der Waals surface area (Å²) in [4.78, 5) is 17.2. The number of halogens is 6. The molecular weight excluding hydrogens is 378 g/mol. The van der Waals surface area contributed by atoms with Gasteiger partial charge in [0.05, 0.1) is 24.2 Å². The summed E-state index contributed by atoms with van der Waals surface area (Å²) in [5, 5.41) is 0. The maximum atomic E-state index is 12.7. The minimum absolute atomic E-state index is 0.0821. The number of hydrogen-bond acceptors (Lipinski definition) is 3. The Labute approximate surface area is 149 Å². The highest BCUT2D eigenvalue weighted by Gasteiger charge is 2.35. The molecule has 4 nitrogen and oxygen atoms in total. The number of hydrogen-bond donors (Lipinski definition) is 0. The molecule has 1 saturated heterocycles. The number of pyridine rings is 1. The molecule has 10 heteroatoms. The van der Waals surface area contributed by atoms with Gasteiger partial charge in [0.25, 0.3) is 5.91 Å². The van der Waals surface area contributed by atoms with Crippen molar-refractivity contribution in [2.24, 2.45) is 0 Å². The molecule has 144 valence electrons. The van der Waals surface area contributed by atoms with Crippen LogP contribution in [0.2, 0.25) is 0 Å². The Morgan fingerprint density at radius 1 is 0.963 bits per heavy atom. The van der Waals surface area contributed by atoms with Crippen LogP contribution in [-0.2, 0) is 12.4 Å². The number of benzene rings is 1. The van der Waals surface area contributed by atoms with Crippen LogP contribution in [0.1, 0.15) is 21.5 Å². The smallest absolute Gasteiger partial charge is 0.416 e. The van der Waals surface area contributed by atoms with Crippen LogP contribution in [0.3, 0.4) is 0 Å². The number of carbonyl (C=O) groups is 1. The van der Waals surface area contributed by atoms with Crippen molar-refractivity contribution in [2.45, 2.75) is 18.5 Å². The largest absolute Gasteiger partial charge is 0.471 e. The molecule has 1 aromatic heterocycles. The first-order chi connectivity index (χ1) is 12.5. The SMILES string of the molecule is O=C(c1ccc(C(F)(F)F)cc1)N1CC(Oc2cc(C(F)(F)F)ccn2)C1. The van der Waals surface area contributed by atoms with Crippen LogP contribution >= 0.6 is 0 Å². The van der Waals surface area contributed by atoms with Gasteiger partial charge in [-0.3, -0.25) is 4.79 Å². The van der Waals surface area contributed by atoms with E-state index >= 15 is 0 Å². The van der Waals surface area contributed by atoms with Crippen LogP contribution in [-0.4, -0.2) is 35.0 Å². The number of alkyl halides is 6. The maximum absolute atomic E-state index is 12.7. The van der Waals surface area contributed by atoms with Crippen molar-refractivity contribution in [3.05, 3.63) is 59.3 Å². The van der Waals surface area contributed by atoms with Crippen molar-refractivity contribution in [1.82, 2.24) is 9.88 Å². The lowest BCUT2D eigenvalue weighted by Crippen LogP contribution is -2.56. The first kappa shape index (κ1) is 19.0. The maximum Gasteiger partial charge on any atom is 0.416 e. The van der Waals surface area contributed by atoms with Crippen molar-refractivity contribution in [1.29, 1.82) is 0 Å². The van der Waals surface area contributed by atoms with Crippen molar-refractivity contribution in [3.63, 3.8) is 0 Å². The summed E-state index contributed by atoms with van der Waals surface area (Å²) < 4.78 is 80.9. The Morgan fingerprint density at radius 3 is 2.11 bits per heavy atom. The highest BCUT2D eigenvalue weighted by molar-refractivity contribution is 5.94. The van der Waals surface area contributed by atoms with Crippen LogP contribution in [0.5, 0.6) is 5.88 Å². The van der Waals surface area contributed by atoms with Crippen molar-refractivity contribution in [2.75, 3.05) is 13.1 Å². The lowest BCUT2D eigenvalue weighted by Gasteiger charge is -2.38. The van der Waals surface area contributed by atoms with Crippen molar-refractivity contribution < 1.29 is 35.9 Å². The van der Waals surface area contributed by atoms with Gasteiger partial charge in [0.2, 0.25) is 5.88 Å². The summed E-state index contributed by atoms with van der Waals surface area (Å²) in [6.45, 7) is 0.190. The zero-order chi connectivity index (χ0) is 19.8. The third-order valence-electron chi connectivity index (χ3n) is 3.94. The Balaban J connectivity index is 1.57. The molecule has 2 aromatic rings. The van der Waals surface area contributed by atoms with E-state index in [0.717, 1.165) is 42.6 Å². The van der Waals surface area contributed by atoms with Gasteiger partial charge in [0, 0.05) is 17.8 Å². The second kappa shape index (κ2) is 6.75. The molecule has 0 bridgehead atoms. The van der Waals surface area contributed by atoms with E-state index in [1.807, 2.05) is 0 Å². The van der Waals surface area contributed by atoms with E-state index in [0.29, 0.717) is 0 Å². The molecule has 1 amide bonds. The number of likely N-dealkylation sites (tertiary alicyclic amines) is 1. The van der Waals surface area contributed by atoms with Crippen LogP contribution in [0, 0.1) is 0 Å². The minimum Gasteiger partial charge on any atom is -0.471 e. The van der Waals surface area contributed by atoms with Gasteiger partial charge in [-0.1, -0.05) is 0 Å². The van der Waals surface area contributed by atoms with Gasteiger partial charge < -0.3 is 9.64 Å². The zero-order valence-electron chi connectivity index (χ0n) is 13.5. The predicted octanol–water partition coefficient (Wildman–Crippen LogP) is 4.02. The Bertz CT molecular complexity index is 827. The van der Waals surface area contributed by atoms with Crippen LogP contribution in [0.4, 0.5) is 26.3 Å². The second-order valence-electron chi connectivity index (χ2n) is 5.91. The van der Waals surface area contributed by atoms with Crippen LogP contribution in [0.25, 0.3) is 0 Å². The number of rotatable bonds is 3. The summed E-state index contributed by atoms with van der Waals surface area (Å²) in [6, 6.07) is 5.36. The average molecular weight is 390 g/mol. The van der Waals surface area contributed by atoms with Crippen molar-refractivity contribution in [3.8, 4) is 5.88 Å². The van der Waals surface area contributed by atoms with E-state index in [1.165, 1.54) is 4.90 Å². The van der Waals surface area contributed by atoms with Gasteiger partial charge in [0.15, 0.2) is 0 Å². The summed E-state index contributed by atoms with van der Waals surface area (Å²) >= 11 is 0. The topological polar surface area (TPSA) is 42.4 Å². The van der Waals surface area contributed by atoms with E-state index in [-0.39, 0.29) is 24.5 Å². The first-order valence-corrected chi connectivity index (χ1v) is 7.70. The molecule has 3 rings (SSSR count). The molecule has 1 aromatic carbocycles. The second-order valence-corrected chi connectivity index (χ2v) is 5.91. The molecule has 0 unspecified atom stereocenters. The van der Waals surface area contributed by atoms with Gasteiger partial charge in [-0.2, -0.15) is 26.3 Å². The fourth-order valence-corrected chi connectivity index (χ4v) is 2.48. The standard InChI is InChI=1S/C17H12F6N2O2/c18-16(19,20)11-3-1-10(2-4-11)15(26)25-8-13(9-25)27-14-7-12(5-6-24-14)17(21,22)23/h1-7,13H,8-9H2. The number of amides is 1. The first-order valence-electron chi connectivity index (χ1n) is 7.70. The van der Waals surface area contributed by atoms with Gasteiger partial charge in [-0.15, -0.1) is 0 Å². The molecule has 0 atom stereocenters. The highest BCUT2D eigenvalue weighted by Crippen LogP contribution is 2.31. The van der Waals surface area contributed by atoms with E-state index < -0.39 is 35.5 Å². The quantitative estimate of drug-likeness (QED) is 0.744. The summed E-state index contributed by atoms with van der Waals surface area (Å²) in [5.41, 5.74) is -1.68. The van der Waals surface area contributed by atoms with Crippen LogP contribution < -0.4 is 4.74 Å². The molecule has 0 radical (unpaired) electrons. The number of carbonyl (C=O) groups excluding carboxylic acids is 1. The molecule has 27 heavy (non-hydrogen) atoms. The zero-order valence-corrected chi connectivity index (χ0v) is 13.5. The van der Waals surface area contributed by atoms with Gasteiger partial charge in [0.1, 0.15) is 6.10 Å². The minimum atomic E-state index is -4.52. The van der Waals surface area contributed by atoms with Gasteiger partial charge >= 0.3 is 12.4 Å². The fourth-order valence-electron chi connectivity index (χ4n) is 2.48. The summed E-state index contributed by atoms with van der Waals surface area (Å²) in [6.07, 6.45) is -8.58. The molecule has 1 aliphatic rings. The average Bonchev–Trinajstić information content (AvgIpc) is 2.56. The molecule has 1 aliphatic heterocycles. The van der Waals surface area contributed by atoms with E-state index in [1.54, 1.807) is 0 Å². The number of aromatic nitrogens is 1. The van der Waals surface area contributed by atoms with Crippen LogP contribution in [0.15, 0.2) is 42.6 Å². The highest BCUT2D eigenvalue weighted by atomic mass is 19.4. The van der Waals surface area contributed by atoms with Crippen molar-refractivity contribution >= 4 is 5.91 Å². The molecule has 0 N–H and O–H groups in total. The lowest BCUT2D eigenvalue weighted by molar-refractivity contribution is -0.138. The van der Waals surface area contributed by atoms with E-state index in [2.05, 4.69) is 4.98 Å². The summed E-state index contributed by atoms with van der Waals surface area (Å²) in [5.74, 6) is -0.697. The van der Waals surface area contributed by atoms with E-state index in [9.17, 15) is 31.1 Å². The van der Waals surface area contributed by atoms with E-state index in [4.69, 9.17) is 4.74 Å².